The van der Waals surface area contributed by atoms with Crippen LogP contribution in [0.5, 0.6) is 0 Å². The first kappa shape index (κ1) is 21.5. The van der Waals surface area contributed by atoms with Gasteiger partial charge < -0.3 is 10.2 Å². The van der Waals surface area contributed by atoms with E-state index >= 15 is 0 Å². The fourth-order valence-electron chi connectivity index (χ4n) is 3.52. The number of hydrogen-bond acceptors (Lipinski definition) is 5. The van der Waals surface area contributed by atoms with Crippen molar-refractivity contribution >= 4 is 23.5 Å². The second-order valence-electron chi connectivity index (χ2n) is 7.28. The van der Waals surface area contributed by atoms with Crippen molar-refractivity contribution in [1.82, 2.24) is 16.0 Å². The summed E-state index contributed by atoms with van der Waals surface area (Å²) >= 11 is 0. The minimum atomic E-state index is -0.290. The number of carbonyl (C=O) groups is 1. The van der Waals surface area contributed by atoms with Gasteiger partial charge in [0, 0.05) is 31.3 Å². The van der Waals surface area contributed by atoms with E-state index < -0.39 is 0 Å². The first-order valence-electron chi connectivity index (χ1n) is 9.98. The van der Waals surface area contributed by atoms with Crippen LogP contribution >= 0.6 is 0 Å². The summed E-state index contributed by atoms with van der Waals surface area (Å²) in [6, 6.07) is 13.8. The van der Waals surface area contributed by atoms with E-state index in [2.05, 4.69) is 51.8 Å². The van der Waals surface area contributed by atoms with Gasteiger partial charge in [0.1, 0.15) is 6.61 Å². The Morgan fingerprint density at radius 2 is 2.03 bits per heavy atom. The number of fused-ring (bicyclic) bond motifs is 1. The fourth-order valence-corrected chi connectivity index (χ4v) is 3.52. The van der Waals surface area contributed by atoms with Crippen LogP contribution in [0.1, 0.15) is 41.5 Å². The zero-order chi connectivity index (χ0) is 21.5. The van der Waals surface area contributed by atoms with Gasteiger partial charge in [0.25, 0.3) is 0 Å². The summed E-state index contributed by atoms with van der Waals surface area (Å²) in [6.07, 6.45) is 5.24. The van der Waals surface area contributed by atoms with E-state index in [-0.39, 0.29) is 18.6 Å². The van der Waals surface area contributed by atoms with Crippen LogP contribution in [-0.4, -0.2) is 30.8 Å². The van der Waals surface area contributed by atoms with E-state index in [1.54, 1.807) is 14.1 Å². The number of rotatable bonds is 7. The number of allylic oxidation sites excluding steroid dienone is 1. The average molecular weight is 408 g/mol. The van der Waals surface area contributed by atoms with E-state index in [1.807, 2.05) is 38.1 Å². The maximum Gasteiger partial charge on any atom is 0.337 e. The molecule has 0 bridgehead atoms. The zero-order valence-electron chi connectivity index (χ0n) is 17.9. The van der Waals surface area contributed by atoms with Crippen molar-refractivity contribution in [2.24, 2.45) is 5.16 Å². The lowest BCUT2D eigenvalue weighted by molar-refractivity contribution is 0.129. The van der Waals surface area contributed by atoms with Crippen molar-refractivity contribution in [3.63, 3.8) is 0 Å². The Balaban J connectivity index is 1.70. The number of hydrogen-bond donors (Lipinski definition) is 3. The molecule has 7 heteroatoms. The normalized spacial score (nSPS) is 15.5. The van der Waals surface area contributed by atoms with Crippen LogP contribution in [0.25, 0.3) is 6.08 Å². The van der Waals surface area contributed by atoms with Gasteiger partial charge in [-0.05, 0) is 43.0 Å². The van der Waals surface area contributed by atoms with Gasteiger partial charge in [-0.2, -0.15) is 5.53 Å². The van der Waals surface area contributed by atoms with E-state index in [1.165, 1.54) is 16.1 Å². The van der Waals surface area contributed by atoms with Crippen molar-refractivity contribution in [2.45, 2.75) is 32.8 Å². The van der Waals surface area contributed by atoms with Crippen molar-refractivity contribution < 1.29 is 9.63 Å². The summed E-state index contributed by atoms with van der Waals surface area (Å²) in [5, 5.41) is 8.63. The summed E-state index contributed by atoms with van der Waals surface area (Å²) in [5.41, 5.74) is 11.5. The highest BCUT2D eigenvalue weighted by molar-refractivity contribution is 5.91. The Bertz CT molecular complexity index is 954. The molecule has 0 unspecified atom stereocenters. The third-order valence-electron chi connectivity index (χ3n) is 5.20. The quantitative estimate of drug-likeness (QED) is 0.475. The maximum atomic E-state index is 12.3. The number of hydrazine groups is 2. The topological polar surface area (TPSA) is 78.0 Å². The maximum absolute atomic E-state index is 12.3. The minimum Gasteiger partial charge on any atom is -0.391 e. The summed E-state index contributed by atoms with van der Waals surface area (Å²) in [4.78, 5) is 18.0. The lowest BCUT2D eigenvalue weighted by Crippen LogP contribution is -2.48. The summed E-state index contributed by atoms with van der Waals surface area (Å²) in [5.74, 6) is 0.212. The third kappa shape index (κ3) is 5.06. The van der Waals surface area contributed by atoms with Crippen LogP contribution in [-0.2, 0) is 11.4 Å². The standard InChI is InChI=1S/C23H29N5O2/c1-16-9-7-14-22(25-23(29)28(4)27-24-3)21(16)15-30-26-17(2)19-13-8-11-18-10-5-6-12-20(18)19/h5-12,14,19,24,27H,13,15H2,1-4H3,(H,25,29)/t19-/m1/s1. The van der Waals surface area contributed by atoms with Gasteiger partial charge in [-0.3, -0.25) is 0 Å². The van der Waals surface area contributed by atoms with Crippen molar-refractivity contribution in [1.29, 1.82) is 0 Å². The van der Waals surface area contributed by atoms with Gasteiger partial charge in [0.15, 0.2) is 0 Å². The monoisotopic (exact) mass is 407 g/mol. The van der Waals surface area contributed by atoms with Crippen LogP contribution in [0.4, 0.5) is 10.5 Å². The molecule has 30 heavy (non-hydrogen) atoms. The number of amides is 2. The summed E-state index contributed by atoms with van der Waals surface area (Å²) in [7, 11) is 3.32. The highest BCUT2D eigenvalue weighted by atomic mass is 16.6. The molecule has 0 aliphatic heterocycles. The SMILES string of the molecule is CNNN(C)C(=O)Nc1cccc(C)c1CON=C(C)[C@H]1CC=Cc2ccccc21. The van der Waals surface area contributed by atoms with E-state index in [0.717, 1.165) is 23.3 Å². The lowest BCUT2D eigenvalue weighted by atomic mass is 9.84. The van der Waals surface area contributed by atoms with Crippen molar-refractivity contribution in [3.8, 4) is 0 Å². The average Bonchev–Trinajstić information content (AvgIpc) is 2.75. The Morgan fingerprint density at radius 3 is 2.83 bits per heavy atom. The summed E-state index contributed by atoms with van der Waals surface area (Å²) in [6.45, 7) is 4.26. The van der Waals surface area contributed by atoms with Crippen molar-refractivity contribution in [3.05, 3.63) is 70.8 Å². The number of benzene rings is 2. The molecular weight excluding hydrogens is 378 g/mol. The lowest BCUT2D eigenvalue weighted by Gasteiger charge is -2.21. The number of nitrogens with one attached hydrogen (secondary N) is 3. The fraction of sp³-hybridized carbons (Fsp3) is 0.304. The number of urea groups is 1. The predicted octanol–water partition coefficient (Wildman–Crippen LogP) is 4.19. The molecule has 0 fully saturated rings. The zero-order valence-corrected chi connectivity index (χ0v) is 17.9. The summed E-state index contributed by atoms with van der Waals surface area (Å²) < 4.78 is 0. The van der Waals surface area contributed by atoms with Crippen LogP contribution in [0, 0.1) is 6.92 Å². The molecule has 0 heterocycles. The molecule has 0 aromatic heterocycles. The molecule has 0 saturated carbocycles. The smallest absolute Gasteiger partial charge is 0.337 e. The number of aryl methyl sites for hydroxylation is 1. The van der Waals surface area contributed by atoms with Crippen molar-refractivity contribution in [2.75, 3.05) is 19.4 Å². The molecule has 0 radical (unpaired) electrons. The Kier molecular flexibility index (Phi) is 7.21. The van der Waals surface area contributed by atoms with E-state index in [9.17, 15) is 4.79 Å². The molecule has 158 valence electrons. The highest BCUT2D eigenvalue weighted by Gasteiger charge is 2.20. The van der Waals surface area contributed by atoms with Crippen LogP contribution in [0.3, 0.4) is 0 Å². The first-order chi connectivity index (χ1) is 14.5. The Morgan fingerprint density at radius 1 is 1.23 bits per heavy atom. The molecule has 3 rings (SSSR count). The molecular formula is C23H29N5O2. The number of oxime groups is 1. The van der Waals surface area contributed by atoms with Gasteiger partial charge in [-0.15, -0.1) is 0 Å². The van der Waals surface area contributed by atoms with Gasteiger partial charge in [-0.25, -0.2) is 15.2 Å². The Hall–Kier alpha value is -3.16. The van der Waals surface area contributed by atoms with Crippen LogP contribution in [0.2, 0.25) is 0 Å². The molecule has 2 aromatic rings. The Labute approximate surface area is 177 Å². The third-order valence-corrected chi connectivity index (χ3v) is 5.20. The van der Waals surface area contributed by atoms with Gasteiger partial charge in [0.2, 0.25) is 0 Å². The largest absolute Gasteiger partial charge is 0.391 e. The molecule has 0 saturated heterocycles. The number of nitrogens with zero attached hydrogens (tertiary/aromatic N) is 2. The van der Waals surface area contributed by atoms with Crippen LogP contribution in [0.15, 0.2) is 53.7 Å². The molecule has 1 atom stereocenters. The first-order valence-corrected chi connectivity index (χ1v) is 9.98. The van der Waals surface area contributed by atoms with Gasteiger partial charge >= 0.3 is 6.03 Å². The molecule has 2 amide bonds. The van der Waals surface area contributed by atoms with Gasteiger partial charge in [0.05, 0.1) is 5.71 Å². The second kappa shape index (κ2) is 10.0. The molecule has 0 spiro atoms. The number of anilines is 1. The molecule has 1 aliphatic carbocycles. The van der Waals surface area contributed by atoms with Crippen LogP contribution < -0.4 is 16.3 Å². The number of carbonyl (C=O) groups excluding carboxylic acids is 1. The molecule has 2 aromatic carbocycles. The molecule has 7 nitrogen and oxygen atoms in total. The second-order valence-corrected chi connectivity index (χ2v) is 7.28. The van der Waals surface area contributed by atoms with E-state index in [0.29, 0.717) is 5.69 Å². The predicted molar refractivity (Wildman–Crippen MR) is 121 cm³/mol. The highest BCUT2D eigenvalue weighted by Crippen LogP contribution is 2.31. The molecule has 3 N–H and O–H groups in total. The van der Waals surface area contributed by atoms with E-state index in [4.69, 9.17) is 4.84 Å². The van der Waals surface area contributed by atoms with Gasteiger partial charge in [-0.1, -0.05) is 53.7 Å². The minimum absolute atomic E-state index is 0.212. The molecule has 1 aliphatic rings.